The van der Waals surface area contributed by atoms with Gasteiger partial charge in [0.1, 0.15) is 5.75 Å². The van der Waals surface area contributed by atoms with Crippen LogP contribution in [0.5, 0.6) is 17.2 Å². The van der Waals surface area contributed by atoms with Gasteiger partial charge in [-0.15, -0.1) is 0 Å². The maximum Gasteiger partial charge on any atom is 0.161 e. The molecule has 3 heteroatoms. The standard InChI is InChI=1S/C22H28O3/c1-5-8-19-10-12-21(22(16-19)23-4)25-14-7-6-13-24-20-11-9-17(2)18(3)15-20/h5,8-12,15-16H,6-7,13-14H2,1-4H3. The minimum atomic E-state index is 0.648. The number of hydrogen-bond donors (Lipinski definition) is 0. The highest BCUT2D eigenvalue weighted by molar-refractivity contribution is 5.55. The largest absolute Gasteiger partial charge is 0.494 e. The van der Waals surface area contributed by atoms with E-state index in [1.807, 2.05) is 43.3 Å². The molecule has 0 bridgehead atoms. The fraction of sp³-hybridized carbons (Fsp3) is 0.364. The third-order valence-electron chi connectivity index (χ3n) is 4.09. The zero-order valence-corrected chi connectivity index (χ0v) is 15.7. The molecule has 0 saturated heterocycles. The van der Waals surface area contributed by atoms with Crippen molar-refractivity contribution in [3.63, 3.8) is 0 Å². The van der Waals surface area contributed by atoms with Gasteiger partial charge in [0, 0.05) is 0 Å². The molecule has 0 aromatic heterocycles. The van der Waals surface area contributed by atoms with Crippen molar-refractivity contribution >= 4 is 6.08 Å². The van der Waals surface area contributed by atoms with Crippen LogP contribution in [0.25, 0.3) is 6.08 Å². The summed E-state index contributed by atoms with van der Waals surface area (Å²) in [4.78, 5) is 0. The molecule has 0 heterocycles. The van der Waals surface area contributed by atoms with E-state index in [1.54, 1.807) is 7.11 Å². The molecule has 0 amide bonds. The highest BCUT2D eigenvalue weighted by Crippen LogP contribution is 2.28. The first-order valence-corrected chi connectivity index (χ1v) is 8.77. The van der Waals surface area contributed by atoms with Crippen molar-refractivity contribution in [2.24, 2.45) is 0 Å². The summed E-state index contributed by atoms with van der Waals surface area (Å²) in [7, 11) is 1.67. The van der Waals surface area contributed by atoms with Gasteiger partial charge in [-0.05, 0) is 74.6 Å². The van der Waals surface area contributed by atoms with Crippen LogP contribution in [-0.4, -0.2) is 20.3 Å². The Morgan fingerprint density at radius 2 is 1.60 bits per heavy atom. The van der Waals surface area contributed by atoms with Crippen LogP contribution in [0.3, 0.4) is 0 Å². The Bertz CT molecular complexity index is 704. The molecular formula is C22H28O3. The molecule has 0 N–H and O–H groups in total. The molecule has 0 unspecified atom stereocenters. The second-order valence-electron chi connectivity index (χ2n) is 6.06. The van der Waals surface area contributed by atoms with Gasteiger partial charge in [-0.3, -0.25) is 0 Å². The van der Waals surface area contributed by atoms with E-state index in [0.717, 1.165) is 35.7 Å². The molecule has 0 spiro atoms. The number of methoxy groups -OCH3 is 1. The molecule has 0 saturated carbocycles. The van der Waals surface area contributed by atoms with E-state index < -0.39 is 0 Å². The molecule has 0 aliphatic heterocycles. The second kappa shape index (κ2) is 9.77. The van der Waals surface area contributed by atoms with Gasteiger partial charge in [-0.25, -0.2) is 0 Å². The van der Waals surface area contributed by atoms with Gasteiger partial charge >= 0.3 is 0 Å². The van der Waals surface area contributed by atoms with Crippen molar-refractivity contribution in [1.29, 1.82) is 0 Å². The Balaban J connectivity index is 1.73. The van der Waals surface area contributed by atoms with E-state index in [2.05, 4.69) is 26.0 Å². The Morgan fingerprint density at radius 3 is 2.28 bits per heavy atom. The van der Waals surface area contributed by atoms with E-state index in [-0.39, 0.29) is 0 Å². The lowest BCUT2D eigenvalue weighted by atomic mass is 10.1. The van der Waals surface area contributed by atoms with Gasteiger partial charge in [-0.1, -0.05) is 24.3 Å². The number of aryl methyl sites for hydroxylation is 2. The zero-order valence-electron chi connectivity index (χ0n) is 15.7. The summed E-state index contributed by atoms with van der Waals surface area (Å²) in [6.45, 7) is 7.55. The summed E-state index contributed by atoms with van der Waals surface area (Å²) in [5.74, 6) is 2.48. The molecule has 0 atom stereocenters. The van der Waals surface area contributed by atoms with Gasteiger partial charge in [-0.2, -0.15) is 0 Å². The average Bonchev–Trinajstić information content (AvgIpc) is 2.62. The summed E-state index contributed by atoms with van der Waals surface area (Å²) in [6, 6.07) is 12.2. The van der Waals surface area contributed by atoms with Gasteiger partial charge < -0.3 is 14.2 Å². The highest BCUT2D eigenvalue weighted by atomic mass is 16.5. The van der Waals surface area contributed by atoms with E-state index in [9.17, 15) is 0 Å². The summed E-state index contributed by atoms with van der Waals surface area (Å²) >= 11 is 0. The van der Waals surface area contributed by atoms with Gasteiger partial charge in [0.05, 0.1) is 20.3 Å². The topological polar surface area (TPSA) is 27.7 Å². The Hall–Kier alpha value is -2.42. The first-order chi connectivity index (χ1) is 12.1. The first kappa shape index (κ1) is 18.9. The molecule has 3 nitrogen and oxygen atoms in total. The van der Waals surface area contributed by atoms with E-state index in [4.69, 9.17) is 14.2 Å². The molecule has 0 fully saturated rings. The fourth-order valence-electron chi connectivity index (χ4n) is 2.48. The van der Waals surface area contributed by atoms with E-state index in [1.165, 1.54) is 11.1 Å². The molecule has 25 heavy (non-hydrogen) atoms. The minimum Gasteiger partial charge on any atom is -0.494 e. The predicted molar refractivity (Wildman–Crippen MR) is 104 cm³/mol. The highest BCUT2D eigenvalue weighted by Gasteiger charge is 2.05. The SMILES string of the molecule is CC=Cc1ccc(OCCCCOc2ccc(C)c(C)c2)c(OC)c1. The van der Waals surface area contributed by atoms with Crippen molar-refractivity contribution < 1.29 is 14.2 Å². The Labute approximate surface area is 151 Å². The summed E-state index contributed by atoms with van der Waals surface area (Å²) < 4.78 is 17.0. The molecule has 134 valence electrons. The third kappa shape index (κ3) is 5.86. The molecule has 0 radical (unpaired) electrons. The number of rotatable bonds is 9. The maximum atomic E-state index is 5.84. The second-order valence-corrected chi connectivity index (χ2v) is 6.06. The minimum absolute atomic E-state index is 0.648. The van der Waals surface area contributed by atoms with Crippen LogP contribution in [0.4, 0.5) is 0 Å². The predicted octanol–water partition coefficient (Wildman–Crippen LogP) is 5.58. The van der Waals surface area contributed by atoms with Gasteiger partial charge in [0.2, 0.25) is 0 Å². The zero-order chi connectivity index (χ0) is 18.1. The Kier molecular flexibility index (Phi) is 7.39. The van der Waals surface area contributed by atoms with E-state index in [0.29, 0.717) is 13.2 Å². The normalized spacial score (nSPS) is 10.9. The van der Waals surface area contributed by atoms with Crippen LogP contribution in [0.15, 0.2) is 42.5 Å². The van der Waals surface area contributed by atoms with Crippen LogP contribution >= 0.6 is 0 Å². The van der Waals surface area contributed by atoms with Crippen LogP contribution in [-0.2, 0) is 0 Å². The van der Waals surface area contributed by atoms with Crippen LogP contribution in [0.2, 0.25) is 0 Å². The van der Waals surface area contributed by atoms with Gasteiger partial charge in [0.25, 0.3) is 0 Å². The van der Waals surface area contributed by atoms with Crippen LogP contribution in [0.1, 0.15) is 36.5 Å². The fourth-order valence-corrected chi connectivity index (χ4v) is 2.48. The number of unbranched alkanes of at least 4 members (excludes halogenated alkanes) is 1. The maximum absolute atomic E-state index is 5.84. The van der Waals surface area contributed by atoms with Gasteiger partial charge in [0.15, 0.2) is 11.5 Å². The molecule has 2 aromatic rings. The number of benzene rings is 2. The summed E-state index contributed by atoms with van der Waals surface area (Å²) in [5.41, 5.74) is 3.65. The number of allylic oxidation sites excluding steroid dienone is 1. The smallest absolute Gasteiger partial charge is 0.161 e. The van der Waals surface area contributed by atoms with Crippen molar-refractivity contribution in [3.05, 3.63) is 59.2 Å². The van der Waals surface area contributed by atoms with Crippen molar-refractivity contribution in [3.8, 4) is 17.2 Å². The third-order valence-corrected chi connectivity index (χ3v) is 4.09. The lowest BCUT2D eigenvalue weighted by Gasteiger charge is -2.12. The lowest BCUT2D eigenvalue weighted by molar-refractivity contribution is 0.258. The average molecular weight is 340 g/mol. The number of hydrogen-bond acceptors (Lipinski definition) is 3. The van der Waals surface area contributed by atoms with Crippen LogP contribution in [0, 0.1) is 13.8 Å². The molecule has 0 aliphatic carbocycles. The quantitative estimate of drug-likeness (QED) is 0.557. The van der Waals surface area contributed by atoms with Crippen molar-refractivity contribution in [1.82, 2.24) is 0 Å². The molecule has 2 aromatic carbocycles. The van der Waals surface area contributed by atoms with Crippen LogP contribution < -0.4 is 14.2 Å². The molecule has 0 aliphatic rings. The van der Waals surface area contributed by atoms with Crippen molar-refractivity contribution in [2.75, 3.05) is 20.3 Å². The van der Waals surface area contributed by atoms with Crippen molar-refractivity contribution in [2.45, 2.75) is 33.6 Å². The monoisotopic (exact) mass is 340 g/mol. The molecule has 2 rings (SSSR count). The Morgan fingerprint density at radius 1 is 0.840 bits per heavy atom. The summed E-state index contributed by atoms with van der Waals surface area (Å²) in [6.07, 6.45) is 5.93. The first-order valence-electron chi connectivity index (χ1n) is 8.77. The molecular weight excluding hydrogens is 312 g/mol. The van der Waals surface area contributed by atoms with E-state index >= 15 is 0 Å². The summed E-state index contributed by atoms with van der Waals surface area (Å²) in [5, 5.41) is 0. The number of ether oxygens (including phenoxy) is 3. The lowest BCUT2D eigenvalue weighted by Crippen LogP contribution is -2.03.